The van der Waals surface area contributed by atoms with Crippen LogP contribution in [-0.4, -0.2) is 82.2 Å². The number of ketones is 1. The Morgan fingerprint density at radius 3 is 2.47 bits per heavy atom. The SMILES string of the molecule is CC1=C(COC2OC(CO)C(O)C(O)C2O)C(=O)OC(C(C)C2CCC3C4CCC5CCCC(=O)C5(C)C4CCC23C)C1. The number of cyclic esters (lactones) is 1. The van der Waals surface area contributed by atoms with E-state index in [9.17, 15) is 30.0 Å². The number of hydrogen-bond donors (Lipinski definition) is 4. The van der Waals surface area contributed by atoms with Crippen molar-refractivity contribution in [2.75, 3.05) is 13.2 Å². The molecule has 4 N–H and O–H groups in total. The van der Waals surface area contributed by atoms with Gasteiger partial charge in [0, 0.05) is 18.3 Å². The smallest absolute Gasteiger partial charge is 0.336 e. The number of aliphatic hydroxyl groups excluding tert-OH is 4. The molecule has 0 radical (unpaired) electrons. The highest BCUT2D eigenvalue weighted by Gasteiger charge is 2.62. The van der Waals surface area contributed by atoms with Crippen LogP contribution in [0.25, 0.3) is 0 Å². The van der Waals surface area contributed by atoms with Crippen molar-refractivity contribution >= 4 is 11.8 Å². The summed E-state index contributed by atoms with van der Waals surface area (Å²) < 4.78 is 17.2. The Balaban J connectivity index is 1.12. The Hall–Kier alpha value is -1.36. The molecule has 6 aliphatic rings. The van der Waals surface area contributed by atoms with Crippen molar-refractivity contribution in [1.82, 2.24) is 0 Å². The lowest BCUT2D eigenvalue weighted by Gasteiger charge is -2.60. The quantitative estimate of drug-likeness (QED) is 0.336. The van der Waals surface area contributed by atoms with Gasteiger partial charge in [0.2, 0.25) is 0 Å². The van der Waals surface area contributed by atoms with Crippen LogP contribution in [0.5, 0.6) is 0 Å². The number of carbonyl (C=O) groups excluding carboxylic acids is 2. The summed E-state index contributed by atoms with van der Waals surface area (Å²) in [6.45, 7) is 8.23. The number of ether oxygens (including phenoxy) is 3. The first-order valence-electron chi connectivity index (χ1n) is 16.8. The predicted octanol–water partition coefficient (Wildman–Crippen LogP) is 3.30. The summed E-state index contributed by atoms with van der Waals surface area (Å²) >= 11 is 0. The number of Topliss-reactive ketones (excluding diaryl/α,β-unsaturated/α-hetero) is 1. The third-order valence-electron chi connectivity index (χ3n) is 13.5. The highest BCUT2D eigenvalue weighted by molar-refractivity contribution is 5.90. The zero-order chi connectivity index (χ0) is 30.8. The second-order valence-electron chi connectivity index (χ2n) is 15.3. The van der Waals surface area contributed by atoms with Gasteiger partial charge in [0.25, 0.3) is 0 Å². The molecule has 14 unspecified atom stereocenters. The molecule has 6 rings (SSSR count). The second-order valence-corrected chi connectivity index (χ2v) is 15.3. The van der Waals surface area contributed by atoms with E-state index in [1.165, 1.54) is 25.7 Å². The van der Waals surface area contributed by atoms with Crippen molar-refractivity contribution < 1.29 is 44.2 Å². The first-order valence-corrected chi connectivity index (χ1v) is 16.8. The van der Waals surface area contributed by atoms with Crippen LogP contribution in [0.1, 0.15) is 91.9 Å². The summed E-state index contributed by atoms with van der Waals surface area (Å²) in [4.78, 5) is 26.6. The van der Waals surface area contributed by atoms with Crippen molar-refractivity contribution in [3.63, 3.8) is 0 Å². The molecule has 0 amide bonds. The molecule has 1 saturated heterocycles. The molecule has 2 heterocycles. The fraction of sp³-hybridized carbons (Fsp3) is 0.882. The molecule has 4 aliphatic carbocycles. The Kier molecular flexibility index (Phi) is 8.66. The van der Waals surface area contributed by atoms with Crippen molar-refractivity contribution in [2.45, 2.75) is 129 Å². The van der Waals surface area contributed by atoms with Crippen molar-refractivity contribution in [3.8, 4) is 0 Å². The van der Waals surface area contributed by atoms with Crippen molar-refractivity contribution in [1.29, 1.82) is 0 Å². The van der Waals surface area contributed by atoms with Crippen molar-refractivity contribution in [3.05, 3.63) is 11.1 Å². The van der Waals surface area contributed by atoms with Crippen molar-refractivity contribution in [2.24, 2.45) is 46.3 Å². The van der Waals surface area contributed by atoms with Crippen LogP contribution in [0.2, 0.25) is 0 Å². The summed E-state index contributed by atoms with van der Waals surface area (Å²) in [5, 5.41) is 39.8. The molecule has 14 atom stereocenters. The van der Waals surface area contributed by atoms with E-state index in [-0.39, 0.29) is 29.5 Å². The minimum Gasteiger partial charge on any atom is -0.458 e. The van der Waals surface area contributed by atoms with Crippen LogP contribution in [0.4, 0.5) is 0 Å². The van der Waals surface area contributed by atoms with Gasteiger partial charge < -0.3 is 34.6 Å². The van der Waals surface area contributed by atoms with Gasteiger partial charge in [-0.25, -0.2) is 4.79 Å². The number of fused-ring (bicyclic) bond motifs is 5. The highest BCUT2D eigenvalue weighted by Crippen LogP contribution is 2.68. The molecule has 9 heteroatoms. The zero-order valence-electron chi connectivity index (χ0n) is 26.2. The summed E-state index contributed by atoms with van der Waals surface area (Å²) in [6.07, 6.45) is 3.53. The molecule has 4 saturated carbocycles. The summed E-state index contributed by atoms with van der Waals surface area (Å²) in [7, 11) is 0. The van der Waals surface area contributed by atoms with Gasteiger partial charge in [0.15, 0.2) is 6.29 Å². The third kappa shape index (κ3) is 5.05. The molecular formula is C34H52O9. The molecule has 0 aromatic carbocycles. The normalized spacial score (nSPS) is 49.2. The maximum Gasteiger partial charge on any atom is 0.336 e. The zero-order valence-corrected chi connectivity index (χ0v) is 26.2. The van der Waals surface area contributed by atoms with Crippen LogP contribution in [0.15, 0.2) is 11.1 Å². The van der Waals surface area contributed by atoms with Crippen LogP contribution in [0, 0.1) is 46.3 Å². The van der Waals surface area contributed by atoms with E-state index >= 15 is 0 Å². The van der Waals surface area contributed by atoms with E-state index in [0.717, 1.165) is 37.7 Å². The summed E-state index contributed by atoms with van der Waals surface area (Å²) in [5.41, 5.74) is 1.29. The van der Waals surface area contributed by atoms with Gasteiger partial charge in [-0.3, -0.25) is 4.79 Å². The number of rotatable bonds is 6. The predicted molar refractivity (Wildman–Crippen MR) is 156 cm³/mol. The van der Waals surface area contributed by atoms with Gasteiger partial charge in [-0.05, 0) is 99.2 Å². The molecule has 0 aromatic rings. The van der Waals surface area contributed by atoms with Crippen LogP contribution >= 0.6 is 0 Å². The number of hydrogen-bond acceptors (Lipinski definition) is 9. The Bertz CT molecular complexity index is 1120. The fourth-order valence-electron chi connectivity index (χ4n) is 10.9. The number of aliphatic hydroxyl groups is 4. The van der Waals surface area contributed by atoms with Gasteiger partial charge in [-0.1, -0.05) is 26.3 Å². The highest BCUT2D eigenvalue weighted by atomic mass is 16.7. The minimum atomic E-state index is -1.54. The molecule has 242 valence electrons. The molecule has 5 fully saturated rings. The largest absolute Gasteiger partial charge is 0.458 e. The van der Waals surface area contributed by atoms with Gasteiger partial charge in [-0.2, -0.15) is 0 Å². The van der Waals surface area contributed by atoms with E-state index in [0.29, 0.717) is 47.4 Å². The summed E-state index contributed by atoms with van der Waals surface area (Å²) in [6, 6.07) is 0. The van der Waals surface area contributed by atoms with Crippen LogP contribution in [0.3, 0.4) is 0 Å². The monoisotopic (exact) mass is 604 g/mol. The average Bonchev–Trinajstić information content (AvgIpc) is 3.34. The first kappa shape index (κ1) is 31.6. The van der Waals surface area contributed by atoms with Gasteiger partial charge >= 0.3 is 5.97 Å². The molecule has 0 spiro atoms. The maximum absolute atomic E-state index is 13.3. The fourth-order valence-corrected chi connectivity index (χ4v) is 10.9. The van der Waals surface area contributed by atoms with E-state index in [1.54, 1.807) is 0 Å². The van der Waals surface area contributed by atoms with Crippen LogP contribution in [-0.2, 0) is 23.8 Å². The lowest BCUT2D eigenvalue weighted by molar-refractivity contribution is -0.299. The minimum absolute atomic E-state index is 0.138. The van der Waals surface area contributed by atoms with E-state index < -0.39 is 43.3 Å². The molecule has 2 aliphatic heterocycles. The van der Waals surface area contributed by atoms with E-state index in [4.69, 9.17) is 14.2 Å². The topological polar surface area (TPSA) is 143 Å². The standard InChI is InChI=1S/C34H52O9/c1-17-14-25(42-31(40)21(17)16-41-32-30(39)29(38)28(37)26(15-35)43-32)18(2)22-10-11-23-20-9-8-19-6-5-7-27(36)34(19,4)24(20)12-13-33(22,23)3/h18-20,22-26,28-30,32,35,37-39H,5-16H2,1-4H3. The van der Waals surface area contributed by atoms with Gasteiger partial charge in [0.05, 0.1) is 18.8 Å². The number of carbonyl (C=O) groups is 2. The average molecular weight is 605 g/mol. The molecule has 9 nitrogen and oxygen atoms in total. The molecule has 0 aromatic heterocycles. The molecule has 43 heavy (non-hydrogen) atoms. The number of esters is 1. The summed E-state index contributed by atoms with van der Waals surface area (Å²) in [5.74, 6) is 3.03. The van der Waals surface area contributed by atoms with Gasteiger partial charge in [0.1, 0.15) is 36.3 Å². The first-order chi connectivity index (χ1) is 20.4. The second kappa shape index (κ2) is 11.8. The maximum atomic E-state index is 13.3. The Morgan fingerprint density at radius 2 is 1.74 bits per heavy atom. The molecule has 0 bridgehead atoms. The molecular weight excluding hydrogens is 552 g/mol. The van der Waals surface area contributed by atoms with E-state index in [2.05, 4.69) is 20.8 Å². The lowest BCUT2D eigenvalue weighted by Crippen LogP contribution is -2.59. The van der Waals surface area contributed by atoms with Gasteiger partial charge in [-0.15, -0.1) is 0 Å². The van der Waals surface area contributed by atoms with E-state index in [1.807, 2.05) is 6.92 Å². The Morgan fingerprint density at radius 1 is 0.977 bits per heavy atom. The Labute approximate surface area is 255 Å². The lowest BCUT2D eigenvalue weighted by atomic mass is 9.44. The third-order valence-corrected chi connectivity index (χ3v) is 13.5. The van der Waals surface area contributed by atoms with Crippen LogP contribution < -0.4 is 0 Å².